The van der Waals surface area contributed by atoms with Gasteiger partial charge in [-0.15, -0.1) is 0 Å². The fourth-order valence-corrected chi connectivity index (χ4v) is 2.24. The molecule has 98 valence electrons. The van der Waals surface area contributed by atoms with E-state index in [0.29, 0.717) is 13.1 Å². The number of benzene rings is 1. The highest BCUT2D eigenvalue weighted by Crippen LogP contribution is 2.26. The highest BCUT2D eigenvalue weighted by Gasteiger charge is 2.29. The molecule has 1 aliphatic carbocycles. The highest BCUT2D eigenvalue weighted by atomic mass is 19.1. The Morgan fingerprint density at radius 1 is 1.50 bits per heavy atom. The highest BCUT2D eigenvalue weighted by molar-refractivity contribution is 5.94. The van der Waals surface area contributed by atoms with E-state index >= 15 is 0 Å². The molecule has 1 amide bonds. The second-order valence-electron chi connectivity index (χ2n) is 4.86. The molecular formula is C14H19FN2O. The molecule has 1 aliphatic rings. The SMILES string of the molecule is Cc1ccc(C(=O)N(CCN)C2CCC2)c(F)c1. The van der Waals surface area contributed by atoms with Gasteiger partial charge in [0, 0.05) is 19.1 Å². The van der Waals surface area contributed by atoms with Crippen molar-refractivity contribution in [3.63, 3.8) is 0 Å². The van der Waals surface area contributed by atoms with Gasteiger partial charge in [-0.3, -0.25) is 4.79 Å². The number of hydrogen-bond acceptors (Lipinski definition) is 2. The lowest BCUT2D eigenvalue weighted by molar-refractivity contribution is 0.0584. The fourth-order valence-electron chi connectivity index (χ4n) is 2.24. The molecule has 18 heavy (non-hydrogen) atoms. The quantitative estimate of drug-likeness (QED) is 0.889. The first kappa shape index (κ1) is 13.0. The maximum atomic E-state index is 13.8. The predicted octanol–water partition coefficient (Wildman–Crippen LogP) is 2.09. The summed E-state index contributed by atoms with van der Waals surface area (Å²) < 4.78 is 13.8. The van der Waals surface area contributed by atoms with Gasteiger partial charge in [0.2, 0.25) is 0 Å². The van der Waals surface area contributed by atoms with E-state index in [-0.39, 0.29) is 17.5 Å². The summed E-state index contributed by atoms with van der Waals surface area (Å²) in [5, 5.41) is 0. The summed E-state index contributed by atoms with van der Waals surface area (Å²) in [7, 11) is 0. The molecule has 0 atom stereocenters. The third-order valence-corrected chi connectivity index (χ3v) is 3.50. The monoisotopic (exact) mass is 250 g/mol. The zero-order valence-electron chi connectivity index (χ0n) is 10.7. The Morgan fingerprint density at radius 3 is 2.72 bits per heavy atom. The Balaban J connectivity index is 2.21. The number of aryl methyl sites for hydroxylation is 1. The van der Waals surface area contributed by atoms with Crippen molar-refractivity contribution < 1.29 is 9.18 Å². The summed E-state index contributed by atoms with van der Waals surface area (Å²) in [6, 6.07) is 4.96. The van der Waals surface area contributed by atoms with E-state index in [0.717, 1.165) is 24.8 Å². The van der Waals surface area contributed by atoms with Crippen molar-refractivity contribution in [2.45, 2.75) is 32.2 Å². The van der Waals surface area contributed by atoms with Crippen molar-refractivity contribution in [1.29, 1.82) is 0 Å². The molecule has 0 aromatic heterocycles. The number of nitrogens with two attached hydrogens (primary N) is 1. The molecule has 0 saturated heterocycles. The summed E-state index contributed by atoms with van der Waals surface area (Å²) in [5.41, 5.74) is 6.51. The number of nitrogens with zero attached hydrogens (tertiary/aromatic N) is 1. The van der Waals surface area contributed by atoms with Crippen molar-refractivity contribution in [2.24, 2.45) is 5.73 Å². The van der Waals surface area contributed by atoms with Crippen LogP contribution in [0.1, 0.15) is 35.2 Å². The number of halogens is 1. The molecule has 1 saturated carbocycles. The molecule has 4 heteroatoms. The molecule has 2 rings (SSSR count). The van der Waals surface area contributed by atoms with E-state index in [1.807, 2.05) is 0 Å². The summed E-state index contributed by atoms with van der Waals surface area (Å²) in [6.07, 6.45) is 3.13. The topological polar surface area (TPSA) is 46.3 Å². The molecule has 1 aromatic carbocycles. The van der Waals surface area contributed by atoms with Gasteiger partial charge in [0.05, 0.1) is 5.56 Å². The van der Waals surface area contributed by atoms with E-state index in [1.54, 1.807) is 24.0 Å². The first-order valence-corrected chi connectivity index (χ1v) is 6.40. The largest absolute Gasteiger partial charge is 0.334 e. The first-order valence-electron chi connectivity index (χ1n) is 6.40. The van der Waals surface area contributed by atoms with Gasteiger partial charge in [-0.1, -0.05) is 6.07 Å². The zero-order chi connectivity index (χ0) is 13.1. The Hall–Kier alpha value is -1.42. The van der Waals surface area contributed by atoms with Gasteiger partial charge in [0.1, 0.15) is 5.82 Å². The summed E-state index contributed by atoms with van der Waals surface area (Å²) >= 11 is 0. The number of amides is 1. The van der Waals surface area contributed by atoms with Crippen LogP contribution in [0.15, 0.2) is 18.2 Å². The maximum Gasteiger partial charge on any atom is 0.257 e. The summed E-state index contributed by atoms with van der Waals surface area (Å²) in [5.74, 6) is -0.677. The van der Waals surface area contributed by atoms with Gasteiger partial charge in [-0.25, -0.2) is 4.39 Å². The van der Waals surface area contributed by atoms with Crippen LogP contribution in [0.25, 0.3) is 0 Å². The molecule has 1 aromatic rings. The van der Waals surface area contributed by atoms with Gasteiger partial charge in [-0.2, -0.15) is 0 Å². The van der Waals surface area contributed by atoms with Crippen LogP contribution in [-0.4, -0.2) is 29.9 Å². The average molecular weight is 250 g/mol. The molecule has 0 bridgehead atoms. The third kappa shape index (κ3) is 2.53. The van der Waals surface area contributed by atoms with Crippen molar-refractivity contribution in [2.75, 3.05) is 13.1 Å². The van der Waals surface area contributed by atoms with E-state index in [1.165, 1.54) is 6.07 Å². The molecular weight excluding hydrogens is 231 g/mol. The summed E-state index contributed by atoms with van der Waals surface area (Å²) in [4.78, 5) is 14.1. The number of hydrogen-bond donors (Lipinski definition) is 1. The fraction of sp³-hybridized carbons (Fsp3) is 0.500. The second kappa shape index (κ2) is 5.48. The zero-order valence-corrected chi connectivity index (χ0v) is 10.7. The molecule has 0 radical (unpaired) electrons. The lowest BCUT2D eigenvalue weighted by Gasteiger charge is -2.37. The van der Waals surface area contributed by atoms with Crippen molar-refractivity contribution in [3.8, 4) is 0 Å². The van der Waals surface area contributed by atoms with Crippen LogP contribution in [0.4, 0.5) is 4.39 Å². The average Bonchev–Trinajstić information content (AvgIpc) is 2.25. The predicted molar refractivity (Wildman–Crippen MR) is 68.9 cm³/mol. The lowest BCUT2D eigenvalue weighted by Crippen LogP contribution is -2.46. The van der Waals surface area contributed by atoms with Crippen LogP contribution in [-0.2, 0) is 0 Å². The van der Waals surface area contributed by atoms with Gasteiger partial charge in [-0.05, 0) is 43.9 Å². The van der Waals surface area contributed by atoms with E-state index in [9.17, 15) is 9.18 Å². The maximum absolute atomic E-state index is 13.8. The minimum absolute atomic E-state index is 0.154. The van der Waals surface area contributed by atoms with Crippen LogP contribution in [0.5, 0.6) is 0 Å². The normalized spacial score (nSPS) is 15.3. The third-order valence-electron chi connectivity index (χ3n) is 3.50. The van der Waals surface area contributed by atoms with E-state index in [4.69, 9.17) is 5.73 Å². The van der Waals surface area contributed by atoms with Gasteiger partial charge in [0.25, 0.3) is 5.91 Å². The standard InChI is InChI=1S/C14H19FN2O/c1-10-5-6-12(13(15)9-10)14(18)17(8-7-16)11-3-2-4-11/h5-6,9,11H,2-4,7-8,16H2,1H3. The van der Waals surface area contributed by atoms with E-state index < -0.39 is 5.82 Å². The number of carbonyl (C=O) groups is 1. The molecule has 0 unspecified atom stereocenters. The second-order valence-corrected chi connectivity index (χ2v) is 4.86. The minimum atomic E-state index is -0.443. The van der Waals surface area contributed by atoms with Gasteiger partial charge < -0.3 is 10.6 Å². The smallest absolute Gasteiger partial charge is 0.257 e. The van der Waals surface area contributed by atoms with Crippen LogP contribution in [0.2, 0.25) is 0 Å². The Morgan fingerprint density at radius 2 is 2.22 bits per heavy atom. The molecule has 3 nitrogen and oxygen atoms in total. The van der Waals surface area contributed by atoms with Crippen molar-refractivity contribution in [3.05, 3.63) is 35.1 Å². The number of carbonyl (C=O) groups excluding carboxylic acids is 1. The van der Waals surface area contributed by atoms with Crippen molar-refractivity contribution >= 4 is 5.91 Å². The minimum Gasteiger partial charge on any atom is -0.334 e. The molecule has 0 aliphatic heterocycles. The van der Waals surface area contributed by atoms with Crippen LogP contribution < -0.4 is 5.73 Å². The first-order chi connectivity index (χ1) is 8.63. The van der Waals surface area contributed by atoms with Crippen LogP contribution >= 0.6 is 0 Å². The van der Waals surface area contributed by atoms with Crippen molar-refractivity contribution in [1.82, 2.24) is 4.90 Å². The lowest BCUT2D eigenvalue weighted by atomic mass is 9.91. The Kier molecular flexibility index (Phi) is 3.97. The molecule has 0 heterocycles. The van der Waals surface area contributed by atoms with Crippen LogP contribution in [0, 0.1) is 12.7 Å². The molecule has 1 fully saturated rings. The number of rotatable bonds is 4. The molecule has 2 N–H and O–H groups in total. The summed E-state index contributed by atoms with van der Waals surface area (Å²) in [6.45, 7) is 2.72. The Bertz CT molecular complexity index is 443. The molecule has 0 spiro atoms. The van der Waals surface area contributed by atoms with Gasteiger partial charge >= 0.3 is 0 Å². The van der Waals surface area contributed by atoms with Crippen LogP contribution in [0.3, 0.4) is 0 Å². The van der Waals surface area contributed by atoms with Gasteiger partial charge in [0.15, 0.2) is 0 Å². The van der Waals surface area contributed by atoms with E-state index in [2.05, 4.69) is 0 Å². The Labute approximate surface area is 107 Å².